The highest BCUT2D eigenvalue weighted by atomic mass is 79.9. The predicted octanol–water partition coefficient (Wildman–Crippen LogP) is 4.54. The quantitative estimate of drug-likeness (QED) is 0.303. The Bertz CT molecular complexity index is 1610. The first kappa shape index (κ1) is 34.7. The van der Waals surface area contributed by atoms with Crippen LogP contribution in [0.25, 0.3) is 11.3 Å². The zero-order valence-corrected chi connectivity index (χ0v) is 30.7. The van der Waals surface area contributed by atoms with E-state index in [2.05, 4.69) is 59.0 Å². The molecule has 0 spiro atoms. The van der Waals surface area contributed by atoms with Crippen molar-refractivity contribution in [3.63, 3.8) is 0 Å². The number of hydrogen-bond acceptors (Lipinski definition) is 6. The summed E-state index contributed by atoms with van der Waals surface area (Å²) in [5.41, 5.74) is 9.23. The molecule has 0 unspecified atom stereocenters. The summed E-state index contributed by atoms with van der Waals surface area (Å²) in [7, 11) is 2.19. The van der Waals surface area contributed by atoms with Crippen molar-refractivity contribution < 1.29 is 9.59 Å². The number of piperidine rings is 2. The third-order valence-electron chi connectivity index (χ3n) is 10.2. The molecule has 3 fully saturated rings. The first-order valence-electron chi connectivity index (χ1n) is 17.0. The Labute approximate surface area is 299 Å². The Morgan fingerprint density at radius 1 is 0.896 bits per heavy atom. The molecule has 0 saturated carbocycles. The Balaban J connectivity index is 1.10. The second-order valence-corrected chi connectivity index (χ2v) is 15.1. The van der Waals surface area contributed by atoms with Gasteiger partial charge in [-0.05, 0) is 107 Å². The van der Waals surface area contributed by atoms with Crippen molar-refractivity contribution in [2.24, 2.45) is 0 Å². The fourth-order valence-electron chi connectivity index (χ4n) is 7.33. The number of aromatic amines is 1. The van der Waals surface area contributed by atoms with Crippen LogP contribution in [0.2, 0.25) is 0 Å². The maximum atomic E-state index is 14.1. The van der Waals surface area contributed by atoms with Crippen LogP contribution in [0.4, 0.5) is 10.5 Å². The lowest BCUT2D eigenvalue weighted by atomic mass is 9.99. The van der Waals surface area contributed by atoms with Gasteiger partial charge in [0.25, 0.3) is 0 Å². The third kappa shape index (κ3) is 8.18. The van der Waals surface area contributed by atoms with E-state index in [0.29, 0.717) is 57.2 Å². The number of carbonyl (C=O) groups excluding carboxylic acids is 2. The summed E-state index contributed by atoms with van der Waals surface area (Å²) in [6.07, 6.45) is 6.57. The number of hydrogen-bond donors (Lipinski definition) is 3. The van der Waals surface area contributed by atoms with Crippen molar-refractivity contribution in [3.05, 3.63) is 73.7 Å². The first-order chi connectivity index (χ1) is 23.2. The Morgan fingerprint density at radius 3 is 2.23 bits per heavy atom. The van der Waals surface area contributed by atoms with Gasteiger partial charge in [-0.2, -0.15) is 0 Å². The molecule has 1 aromatic heterocycles. The minimum Gasteiger partial charge on any atom is -0.397 e. The maximum absolute atomic E-state index is 14.1. The lowest BCUT2D eigenvalue weighted by Crippen LogP contribution is -2.56. The summed E-state index contributed by atoms with van der Waals surface area (Å²) >= 11 is 7.06. The molecule has 0 radical (unpaired) electrons. The van der Waals surface area contributed by atoms with Gasteiger partial charge in [0.1, 0.15) is 6.04 Å². The summed E-state index contributed by atoms with van der Waals surface area (Å²) in [5, 5.41) is 3.11. The third-order valence-corrected chi connectivity index (χ3v) is 11.5. The highest BCUT2D eigenvalue weighted by Gasteiger charge is 2.34. The van der Waals surface area contributed by atoms with Gasteiger partial charge in [-0.1, -0.05) is 30.3 Å². The number of carbonyl (C=O) groups is 2. The maximum Gasteiger partial charge on any atom is 0.326 e. The molecule has 6 rings (SSSR count). The Kier molecular flexibility index (Phi) is 11.3. The summed E-state index contributed by atoms with van der Waals surface area (Å²) in [6, 6.07) is 13.1. The van der Waals surface area contributed by atoms with E-state index >= 15 is 0 Å². The van der Waals surface area contributed by atoms with Crippen molar-refractivity contribution in [3.8, 4) is 11.3 Å². The van der Waals surface area contributed by atoms with Crippen LogP contribution in [0.3, 0.4) is 0 Å². The number of rotatable bonds is 7. The molecule has 13 heteroatoms. The number of likely N-dealkylation sites (N-methyl/N-ethyl adjacent to an activating group) is 1. The molecule has 11 nitrogen and oxygen atoms in total. The molecule has 3 amide bonds. The highest BCUT2D eigenvalue weighted by molar-refractivity contribution is 9.11. The van der Waals surface area contributed by atoms with E-state index in [4.69, 9.17) is 5.73 Å². The van der Waals surface area contributed by atoms with Crippen LogP contribution < -0.4 is 16.7 Å². The van der Waals surface area contributed by atoms with Gasteiger partial charge in [0.15, 0.2) is 0 Å². The SMILES string of the molecule is CN1CCCN(C2CCN(C(=O)[C@H](Cc3cc(Br)c(N)c(Br)c3)NC(=O)N3CCC(n4cc(-c5ccccc5)[nH]c4=O)CC3)CC2)CC1. The number of likely N-dealkylation sites (tertiary alicyclic amines) is 2. The van der Waals surface area contributed by atoms with Crippen molar-refractivity contribution >= 4 is 49.5 Å². The van der Waals surface area contributed by atoms with Gasteiger partial charge in [0.05, 0.1) is 11.4 Å². The second-order valence-electron chi connectivity index (χ2n) is 13.4. The standard InChI is InChI=1S/C35H46Br2N8O3/c1-41-12-5-13-42(19-18-41)26-8-14-43(15-9-26)33(46)30(22-24-20-28(36)32(38)29(37)21-24)39-34(47)44-16-10-27(11-17-44)45-23-31(40-35(45)48)25-6-3-2-4-7-25/h2-4,6-7,20-21,23,26-27,30H,5,8-19,22,38H2,1H3,(H,39,47)(H,40,48)/t30-/m0/s1. The molecule has 0 aliphatic carbocycles. The number of nitrogens with one attached hydrogen (secondary N) is 2. The molecular formula is C35H46Br2N8O3. The molecule has 3 aliphatic rings. The molecular weight excluding hydrogens is 740 g/mol. The van der Waals surface area contributed by atoms with Gasteiger partial charge in [0, 0.05) is 72.9 Å². The smallest absolute Gasteiger partial charge is 0.326 e. The topological polar surface area (TPSA) is 123 Å². The lowest BCUT2D eigenvalue weighted by Gasteiger charge is -2.39. The number of imidazole rings is 1. The van der Waals surface area contributed by atoms with Gasteiger partial charge in [0.2, 0.25) is 5.91 Å². The monoisotopic (exact) mass is 784 g/mol. The summed E-state index contributed by atoms with van der Waals surface area (Å²) in [5.74, 6) is -0.0522. The van der Waals surface area contributed by atoms with E-state index in [1.807, 2.05) is 53.6 Å². The fourth-order valence-corrected chi connectivity index (χ4v) is 8.61. The summed E-state index contributed by atoms with van der Waals surface area (Å²) in [4.78, 5) is 52.3. The van der Waals surface area contributed by atoms with Gasteiger partial charge in [-0.3, -0.25) is 14.3 Å². The number of halogens is 2. The second kappa shape index (κ2) is 15.6. The average Bonchev–Trinajstić information content (AvgIpc) is 3.36. The zero-order chi connectivity index (χ0) is 33.8. The van der Waals surface area contributed by atoms with Crippen molar-refractivity contribution in [2.75, 3.05) is 65.1 Å². The lowest BCUT2D eigenvalue weighted by molar-refractivity contribution is -0.134. The highest BCUT2D eigenvalue weighted by Crippen LogP contribution is 2.31. The van der Waals surface area contributed by atoms with Crippen LogP contribution in [-0.2, 0) is 11.2 Å². The number of anilines is 1. The van der Waals surface area contributed by atoms with Crippen LogP contribution in [0, 0.1) is 0 Å². The van der Waals surface area contributed by atoms with E-state index in [9.17, 15) is 14.4 Å². The molecule has 0 bridgehead atoms. The molecule has 3 saturated heterocycles. The first-order valence-corrected chi connectivity index (χ1v) is 18.6. The van der Waals surface area contributed by atoms with Crippen LogP contribution in [0.1, 0.15) is 43.7 Å². The molecule has 1 atom stereocenters. The van der Waals surface area contributed by atoms with Gasteiger partial charge < -0.3 is 30.7 Å². The molecule has 4 N–H and O–H groups in total. The van der Waals surface area contributed by atoms with Crippen LogP contribution in [0.15, 0.2) is 62.4 Å². The molecule has 3 aliphatic heterocycles. The number of urea groups is 1. The van der Waals surface area contributed by atoms with Crippen molar-refractivity contribution in [1.82, 2.24) is 34.5 Å². The van der Waals surface area contributed by atoms with Crippen LogP contribution in [0.5, 0.6) is 0 Å². The average molecular weight is 787 g/mol. The van der Waals surface area contributed by atoms with Gasteiger partial charge in [-0.15, -0.1) is 0 Å². The number of aromatic nitrogens is 2. The number of nitrogen functional groups attached to an aromatic ring is 1. The molecule has 258 valence electrons. The van der Waals surface area contributed by atoms with E-state index in [0.717, 1.165) is 64.8 Å². The van der Waals surface area contributed by atoms with Crippen LogP contribution >= 0.6 is 31.9 Å². The van der Waals surface area contributed by atoms with Gasteiger partial charge in [-0.25, -0.2) is 9.59 Å². The largest absolute Gasteiger partial charge is 0.397 e. The van der Waals surface area contributed by atoms with Crippen molar-refractivity contribution in [2.45, 2.75) is 56.7 Å². The van der Waals surface area contributed by atoms with E-state index in [1.54, 1.807) is 9.47 Å². The Morgan fingerprint density at radius 2 is 1.54 bits per heavy atom. The molecule has 2 aromatic carbocycles. The van der Waals surface area contributed by atoms with E-state index in [-0.39, 0.29) is 23.7 Å². The number of amides is 3. The summed E-state index contributed by atoms with van der Waals surface area (Å²) < 4.78 is 3.24. The minimum atomic E-state index is -0.721. The number of nitrogens with two attached hydrogens (primary N) is 1. The fraction of sp³-hybridized carbons (Fsp3) is 0.514. The summed E-state index contributed by atoms with van der Waals surface area (Å²) in [6.45, 7) is 6.72. The number of H-pyrrole nitrogens is 1. The molecule has 4 heterocycles. The van der Waals surface area contributed by atoms with Gasteiger partial charge >= 0.3 is 11.7 Å². The molecule has 3 aromatic rings. The zero-order valence-electron chi connectivity index (χ0n) is 27.5. The van der Waals surface area contributed by atoms with Crippen LogP contribution in [-0.4, -0.2) is 113 Å². The molecule has 48 heavy (non-hydrogen) atoms. The predicted molar refractivity (Wildman–Crippen MR) is 196 cm³/mol. The number of benzene rings is 2. The van der Waals surface area contributed by atoms with E-state index < -0.39 is 6.04 Å². The van der Waals surface area contributed by atoms with Crippen molar-refractivity contribution in [1.29, 1.82) is 0 Å². The number of nitrogens with zero attached hydrogens (tertiary/aromatic N) is 5. The van der Waals surface area contributed by atoms with E-state index in [1.165, 1.54) is 6.42 Å². The normalized spacial score (nSPS) is 19.6. The minimum absolute atomic E-state index is 0.0111. The Hall–Kier alpha value is -3.13.